The van der Waals surface area contributed by atoms with Gasteiger partial charge in [-0.25, -0.2) is 9.19 Å². The highest BCUT2D eigenvalue weighted by molar-refractivity contribution is 9.11. The van der Waals surface area contributed by atoms with Crippen molar-refractivity contribution in [2.45, 2.75) is 4.21 Å². The summed E-state index contributed by atoms with van der Waals surface area (Å²) >= 11 is 2.33. The maximum atomic E-state index is 10.3. The van der Waals surface area contributed by atoms with E-state index < -0.39 is 11.1 Å². The van der Waals surface area contributed by atoms with E-state index in [0.717, 1.165) is 11.3 Å². The maximum Gasteiger partial charge on any atom is 0.198 e. The first-order valence-electron chi connectivity index (χ1n) is 1.92. The zero-order chi connectivity index (χ0) is 6.85. The molecule has 50 valence electrons. The van der Waals surface area contributed by atoms with E-state index in [1.54, 1.807) is 0 Å². The first kappa shape index (κ1) is 7.33. The fourth-order valence-corrected chi connectivity index (χ4v) is 2.31. The lowest BCUT2D eigenvalue weighted by atomic mass is 11.0. The molecule has 0 saturated heterocycles. The maximum absolute atomic E-state index is 10.3. The minimum atomic E-state index is -1.88. The van der Waals surface area contributed by atoms with Gasteiger partial charge >= 0.3 is 0 Å². The summed E-state index contributed by atoms with van der Waals surface area (Å²) in [4.78, 5) is 3.72. The number of nitrogens with zero attached hydrogens (tertiary/aromatic N) is 1. The van der Waals surface area contributed by atoms with E-state index in [-0.39, 0.29) is 0 Å². The third kappa shape index (κ3) is 1.82. The predicted octanol–water partition coefficient (Wildman–Crippen LogP) is 1.49. The van der Waals surface area contributed by atoms with Crippen LogP contribution in [0.3, 0.4) is 0 Å². The molecule has 0 radical (unpaired) electrons. The van der Waals surface area contributed by atoms with Crippen molar-refractivity contribution >= 4 is 38.3 Å². The monoisotopic (exact) mass is 227 g/mol. The summed E-state index contributed by atoms with van der Waals surface area (Å²) in [6.07, 6.45) is 1.37. The molecule has 6 heteroatoms. The van der Waals surface area contributed by atoms with E-state index in [2.05, 4.69) is 20.9 Å². The lowest BCUT2D eigenvalue weighted by Gasteiger charge is -1.78. The van der Waals surface area contributed by atoms with Gasteiger partial charge in [-0.15, -0.1) is 0 Å². The van der Waals surface area contributed by atoms with E-state index in [1.807, 2.05) is 0 Å². The number of halogens is 1. The molecule has 0 amide bonds. The first-order chi connectivity index (χ1) is 4.20. The molecule has 1 aromatic rings. The van der Waals surface area contributed by atoms with Gasteiger partial charge in [0.25, 0.3) is 0 Å². The number of aromatic nitrogens is 1. The molecule has 0 aliphatic heterocycles. The van der Waals surface area contributed by atoms with Crippen LogP contribution in [0.5, 0.6) is 0 Å². The lowest BCUT2D eigenvalue weighted by molar-refractivity contribution is 0.566. The summed E-state index contributed by atoms with van der Waals surface area (Å²) < 4.78 is 19.7. The molecule has 1 rings (SSSR count). The van der Waals surface area contributed by atoms with Gasteiger partial charge in [-0.05, 0) is 15.9 Å². The zero-order valence-electron chi connectivity index (χ0n) is 4.07. The Labute approximate surface area is 66.5 Å². The molecule has 1 unspecified atom stereocenters. The predicted molar refractivity (Wildman–Crippen MR) is 38.9 cm³/mol. The molecular formula is C3H2BrNO2S2. The van der Waals surface area contributed by atoms with E-state index >= 15 is 0 Å². The van der Waals surface area contributed by atoms with Gasteiger partial charge in [0.15, 0.2) is 15.0 Å². The van der Waals surface area contributed by atoms with Crippen LogP contribution >= 0.6 is 27.3 Å². The Morgan fingerprint density at radius 2 is 2.56 bits per heavy atom. The van der Waals surface area contributed by atoms with Gasteiger partial charge in [0.1, 0.15) is 4.21 Å². The summed E-state index contributed by atoms with van der Waals surface area (Å²) in [5.41, 5.74) is 0. The summed E-state index contributed by atoms with van der Waals surface area (Å²) in [7, 11) is 0. The average Bonchev–Trinajstić information content (AvgIpc) is 2.14. The zero-order valence-corrected chi connectivity index (χ0v) is 7.29. The number of hydrogen-bond acceptors (Lipinski definition) is 3. The fraction of sp³-hybridized carbons (Fsp3) is 0. The van der Waals surface area contributed by atoms with Crippen LogP contribution < -0.4 is 0 Å². The largest absolute Gasteiger partial charge is 0.302 e. The first-order valence-corrected chi connectivity index (χ1v) is 4.64. The molecule has 1 heterocycles. The summed E-state index contributed by atoms with van der Waals surface area (Å²) in [5.74, 6) is 0. The molecular weight excluding hydrogens is 226 g/mol. The second-order valence-electron chi connectivity index (χ2n) is 1.18. The van der Waals surface area contributed by atoms with Crippen LogP contribution in [0.1, 0.15) is 0 Å². The average molecular weight is 228 g/mol. The molecule has 1 aromatic heterocycles. The molecule has 0 aromatic carbocycles. The number of thiazole rings is 1. The van der Waals surface area contributed by atoms with Crippen molar-refractivity contribution in [1.29, 1.82) is 0 Å². The van der Waals surface area contributed by atoms with E-state index in [0.29, 0.717) is 8.13 Å². The SMILES string of the molecule is O=S(O)c1cnc(Br)s1. The Morgan fingerprint density at radius 3 is 2.78 bits per heavy atom. The quantitative estimate of drug-likeness (QED) is 0.740. The topological polar surface area (TPSA) is 50.2 Å². The minimum Gasteiger partial charge on any atom is -0.302 e. The molecule has 0 saturated carbocycles. The highest BCUT2D eigenvalue weighted by atomic mass is 79.9. The molecule has 0 aliphatic rings. The smallest absolute Gasteiger partial charge is 0.198 e. The van der Waals surface area contributed by atoms with Crippen molar-refractivity contribution in [2.75, 3.05) is 0 Å². The summed E-state index contributed by atoms with van der Waals surface area (Å²) in [6, 6.07) is 0. The third-order valence-corrected chi connectivity index (χ3v) is 3.03. The van der Waals surface area contributed by atoms with E-state index in [4.69, 9.17) is 4.55 Å². The van der Waals surface area contributed by atoms with Crippen LogP contribution in [0.2, 0.25) is 0 Å². The molecule has 1 atom stereocenters. The van der Waals surface area contributed by atoms with Crippen LogP contribution in [-0.4, -0.2) is 13.7 Å². The molecule has 1 N–H and O–H groups in total. The molecule has 0 fully saturated rings. The Bertz CT molecular complexity index is 235. The van der Waals surface area contributed by atoms with Gasteiger partial charge in [0.05, 0.1) is 6.20 Å². The number of rotatable bonds is 1. The van der Waals surface area contributed by atoms with Crippen molar-refractivity contribution < 1.29 is 8.76 Å². The van der Waals surface area contributed by atoms with Crippen molar-refractivity contribution in [3.63, 3.8) is 0 Å². The Balaban J connectivity index is 2.98. The van der Waals surface area contributed by atoms with Gasteiger partial charge in [0, 0.05) is 0 Å². The highest BCUT2D eigenvalue weighted by Crippen LogP contribution is 2.20. The van der Waals surface area contributed by atoms with Crippen LogP contribution in [0, 0.1) is 0 Å². The molecule has 3 nitrogen and oxygen atoms in total. The van der Waals surface area contributed by atoms with Gasteiger partial charge in [0.2, 0.25) is 0 Å². The standard InChI is InChI=1S/C3H2BrNO2S2/c4-3-5-1-2(8-3)9(6)7/h1H,(H,6,7). The molecule has 0 spiro atoms. The fourth-order valence-electron chi connectivity index (χ4n) is 0.320. The van der Waals surface area contributed by atoms with Crippen molar-refractivity contribution in [3.8, 4) is 0 Å². The van der Waals surface area contributed by atoms with Gasteiger partial charge in [-0.3, -0.25) is 0 Å². The van der Waals surface area contributed by atoms with Crippen LogP contribution in [0.4, 0.5) is 0 Å². The second-order valence-corrected chi connectivity index (χ2v) is 4.68. The van der Waals surface area contributed by atoms with Crippen LogP contribution in [0.25, 0.3) is 0 Å². The van der Waals surface area contributed by atoms with E-state index in [1.165, 1.54) is 6.20 Å². The summed E-state index contributed by atoms with van der Waals surface area (Å²) in [6.45, 7) is 0. The lowest BCUT2D eigenvalue weighted by Crippen LogP contribution is -1.80. The Morgan fingerprint density at radius 1 is 1.89 bits per heavy atom. The Kier molecular flexibility index (Phi) is 2.34. The van der Waals surface area contributed by atoms with Crippen molar-refractivity contribution in [2.24, 2.45) is 0 Å². The van der Waals surface area contributed by atoms with Gasteiger partial charge in [-0.2, -0.15) is 0 Å². The summed E-state index contributed by atoms with van der Waals surface area (Å²) in [5, 5.41) is 0. The van der Waals surface area contributed by atoms with Gasteiger partial charge in [-0.1, -0.05) is 11.3 Å². The minimum absolute atomic E-state index is 0.363. The second kappa shape index (κ2) is 2.87. The number of hydrogen-bond donors (Lipinski definition) is 1. The molecule has 0 aliphatic carbocycles. The van der Waals surface area contributed by atoms with Crippen molar-refractivity contribution in [3.05, 3.63) is 10.1 Å². The van der Waals surface area contributed by atoms with Crippen molar-refractivity contribution in [1.82, 2.24) is 4.98 Å². The highest BCUT2D eigenvalue weighted by Gasteiger charge is 2.02. The normalized spacial score (nSPS) is 13.6. The van der Waals surface area contributed by atoms with Crippen LogP contribution in [-0.2, 0) is 11.1 Å². The Hall–Kier alpha value is 0.220. The van der Waals surface area contributed by atoms with Crippen LogP contribution in [0.15, 0.2) is 14.3 Å². The molecule has 9 heavy (non-hydrogen) atoms. The van der Waals surface area contributed by atoms with E-state index in [9.17, 15) is 4.21 Å². The van der Waals surface area contributed by atoms with Gasteiger partial charge < -0.3 is 4.55 Å². The molecule has 0 bridgehead atoms. The third-order valence-electron chi connectivity index (χ3n) is 0.628.